The molecule has 2 aromatic rings. The van der Waals surface area contributed by atoms with Crippen molar-refractivity contribution in [3.05, 3.63) is 65.5 Å². The zero-order valence-electron chi connectivity index (χ0n) is 13.0. The summed E-state index contributed by atoms with van der Waals surface area (Å²) in [4.78, 5) is 6.54. The predicted molar refractivity (Wildman–Crippen MR) is 88.1 cm³/mol. The number of hydrogen-bond acceptors (Lipinski definition) is 3. The smallest absolute Gasteiger partial charge is 0.0315 e. The van der Waals surface area contributed by atoms with Crippen LogP contribution in [0, 0.1) is 6.92 Å². The molecule has 3 heteroatoms. The second-order valence-corrected chi connectivity index (χ2v) is 5.56. The van der Waals surface area contributed by atoms with Gasteiger partial charge in [-0.25, -0.2) is 0 Å². The standard InChI is InChI=1S/C18H25N3/c1-16-9-11-20-14-18(16)13-19-10-6-12-21(2)15-17-7-4-3-5-8-17/h3-5,7-9,11,14,19H,6,10,12-13,15H2,1-2H3. The molecule has 0 aliphatic heterocycles. The zero-order valence-corrected chi connectivity index (χ0v) is 13.0. The van der Waals surface area contributed by atoms with Gasteiger partial charge in [-0.15, -0.1) is 0 Å². The highest BCUT2D eigenvalue weighted by atomic mass is 15.1. The number of nitrogens with one attached hydrogen (secondary N) is 1. The lowest BCUT2D eigenvalue weighted by Gasteiger charge is -2.16. The Hall–Kier alpha value is -1.71. The van der Waals surface area contributed by atoms with Crippen molar-refractivity contribution in [2.45, 2.75) is 26.4 Å². The van der Waals surface area contributed by atoms with Gasteiger partial charge < -0.3 is 10.2 Å². The van der Waals surface area contributed by atoms with Gasteiger partial charge in [0.25, 0.3) is 0 Å². The van der Waals surface area contributed by atoms with E-state index in [1.807, 2.05) is 12.4 Å². The predicted octanol–water partition coefficient (Wildman–Crippen LogP) is 3.00. The topological polar surface area (TPSA) is 28.2 Å². The minimum Gasteiger partial charge on any atom is -0.313 e. The molecular formula is C18H25N3. The highest BCUT2D eigenvalue weighted by molar-refractivity contribution is 5.20. The molecule has 0 aliphatic rings. The first-order valence-corrected chi connectivity index (χ1v) is 7.58. The minimum atomic E-state index is 0.905. The van der Waals surface area contributed by atoms with E-state index in [1.54, 1.807) is 0 Å². The molecule has 1 aromatic heterocycles. The van der Waals surface area contributed by atoms with Gasteiger partial charge in [-0.1, -0.05) is 30.3 Å². The lowest BCUT2D eigenvalue weighted by atomic mass is 10.1. The Morgan fingerprint density at radius 3 is 2.71 bits per heavy atom. The quantitative estimate of drug-likeness (QED) is 0.755. The van der Waals surface area contributed by atoms with Gasteiger partial charge in [-0.05, 0) is 56.2 Å². The summed E-state index contributed by atoms with van der Waals surface area (Å²) in [6.07, 6.45) is 4.95. The lowest BCUT2D eigenvalue weighted by molar-refractivity contribution is 0.319. The minimum absolute atomic E-state index is 0.905. The summed E-state index contributed by atoms with van der Waals surface area (Å²) in [5, 5.41) is 3.50. The average Bonchev–Trinajstić information content (AvgIpc) is 2.50. The molecule has 0 bridgehead atoms. The highest BCUT2D eigenvalue weighted by Gasteiger charge is 2.00. The maximum atomic E-state index is 4.17. The lowest BCUT2D eigenvalue weighted by Crippen LogP contribution is -2.24. The molecular weight excluding hydrogens is 258 g/mol. The summed E-state index contributed by atoms with van der Waals surface area (Å²) in [5.41, 5.74) is 3.97. The van der Waals surface area contributed by atoms with Crippen molar-refractivity contribution < 1.29 is 0 Å². The molecule has 112 valence electrons. The largest absolute Gasteiger partial charge is 0.313 e. The maximum Gasteiger partial charge on any atom is 0.0315 e. The van der Waals surface area contributed by atoms with Crippen molar-refractivity contribution in [1.29, 1.82) is 0 Å². The molecule has 0 fully saturated rings. The van der Waals surface area contributed by atoms with Gasteiger partial charge in [0, 0.05) is 25.5 Å². The van der Waals surface area contributed by atoms with Gasteiger partial charge >= 0.3 is 0 Å². The van der Waals surface area contributed by atoms with Crippen LogP contribution >= 0.6 is 0 Å². The Bertz CT molecular complexity index is 525. The van der Waals surface area contributed by atoms with Crippen molar-refractivity contribution in [3.63, 3.8) is 0 Å². The monoisotopic (exact) mass is 283 g/mol. The average molecular weight is 283 g/mol. The molecule has 0 radical (unpaired) electrons. The molecule has 0 saturated heterocycles. The number of rotatable bonds is 8. The summed E-state index contributed by atoms with van der Waals surface area (Å²) in [7, 11) is 2.18. The van der Waals surface area contributed by atoms with E-state index in [0.29, 0.717) is 0 Å². The second kappa shape index (κ2) is 8.55. The molecule has 2 rings (SSSR count). The molecule has 1 heterocycles. The molecule has 1 aromatic carbocycles. The third kappa shape index (κ3) is 5.66. The number of pyridine rings is 1. The molecule has 0 saturated carbocycles. The van der Waals surface area contributed by atoms with Crippen LogP contribution in [0.25, 0.3) is 0 Å². The van der Waals surface area contributed by atoms with E-state index >= 15 is 0 Å². The Kier molecular flexibility index (Phi) is 6.38. The number of aryl methyl sites for hydroxylation is 1. The van der Waals surface area contributed by atoms with Crippen LogP contribution in [0.5, 0.6) is 0 Å². The van der Waals surface area contributed by atoms with Gasteiger partial charge in [0.05, 0.1) is 0 Å². The van der Waals surface area contributed by atoms with E-state index in [2.05, 4.69) is 65.6 Å². The first-order chi connectivity index (χ1) is 10.3. The number of benzene rings is 1. The number of nitrogens with zero attached hydrogens (tertiary/aromatic N) is 2. The summed E-state index contributed by atoms with van der Waals surface area (Å²) in [6, 6.07) is 12.7. The zero-order chi connectivity index (χ0) is 14.9. The second-order valence-electron chi connectivity index (χ2n) is 5.56. The van der Waals surface area contributed by atoms with Crippen LogP contribution in [-0.2, 0) is 13.1 Å². The molecule has 0 unspecified atom stereocenters. The van der Waals surface area contributed by atoms with Crippen LogP contribution in [0.1, 0.15) is 23.1 Å². The van der Waals surface area contributed by atoms with E-state index in [9.17, 15) is 0 Å². The van der Waals surface area contributed by atoms with E-state index in [0.717, 1.165) is 32.6 Å². The molecule has 3 nitrogen and oxygen atoms in total. The molecule has 1 N–H and O–H groups in total. The van der Waals surface area contributed by atoms with Gasteiger partial charge in [0.15, 0.2) is 0 Å². The first-order valence-electron chi connectivity index (χ1n) is 7.58. The Morgan fingerprint density at radius 1 is 1.14 bits per heavy atom. The van der Waals surface area contributed by atoms with E-state index in [4.69, 9.17) is 0 Å². The third-order valence-electron chi connectivity index (χ3n) is 3.65. The Balaban J connectivity index is 1.60. The number of hydrogen-bond donors (Lipinski definition) is 1. The van der Waals surface area contributed by atoms with Crippen molar-refractivity contribution in [3.8, 4) is 0 Å². The van der Waals surface area contributed by atoms with Crippen LogP contribution in [0.4, 0.5) is 0 Å². The van der Waals surface area contributed by atoms with Gasteiger partial charge in [-0.2, -0.15) is 0 Å². The van der Waals surface area contributed by atoms with Crippen LogP contribution < -0.4 is 5.32 Å². The summed E-state index contributed by atoms with van der Waals surface area (Å²) in [5.74, 6) is 0. The fourth-order valence-corrected chi connectivity index (χ4v) is 2.35. The highest BCUT2D eigenvalue weighted by Crippen LogP contribution is 2.04. The van der Waals surface area contributed by atoms with Crippen molar-refractivity contribution in [2.24, 2.45) is 0 Å². The van der Waals surface area contributed by atoms with Crippen LogP contribution in [0.3, 0.4) is 0 Å². The Morgan fingerprint density at radius 2 is 1.95 bits per heavy atom. The van der Waals surface area contributed by atoms with Gasteiger partial charge in [-0.3, -0.25) is 4.98 Å². The van der Waals surface area contributed by atoms with Crippen LogP contribution in [0.15, 0.2) is 48.8 Å². The molecule has 0 atom stereocenters. The first kappa shape index (κ1) is 15.7. The van der Waals surface area contributed by atoms with Crippen LogP contribution in [-0.4, -0.2) is 30.0 Å². The van der Waals surface area contributed by atoms with Crippen molar-refractivity contribution in [1.82, 2.24) is 15.2 Å². The fourth-order valence-electron chi connectivity index (χ4n) is 2.35. The molecule has 21 heavy (non-hydrogen) atoms. The Labute approximate surface area is 128 Å². The number of aromatic nitrogens is 1. The van der Waals surface area contributed by atoms with Crippen LogP contribution in [0.2, 0.25) is 0 Å². The maximum absolute atomic E-state index is 4.17. The molecule has 0 spiro atoms. The van der Waals surface area contributed by atoms with E-state index < -0.39 is 0 Å². The normalized spacial score (nSPS) is 11.0. The summed E-state index contributed by atoms with van der Waals surface area (Å²) in [6.45, 7) is 6.19. The van der Waals surface area contributed by atoms with Gasteiger partial charge in [0.1, 0.15) is 0 Å². The van der Waals surface area contributed by atoms with Crippen molar-refractivity contribution >= 4 is 0 Å². The fraction of sp³-hybridized carbons (Fsp3) is 0.389. The third-order valence-corrected chi connectivity index (χ3v) is 3.65. The summed E-state index contributed by atoms with van der Waals surface area (Å²) >= 11 is 0. The van der Waals surface area contributed by atoms with Crippen molar-refractivity contribution in [2.75, 3.05) is 20.1 Å². The molecule has 0 amide bonds. The SMILES string of the molecule is Cc1ccncc1CNCCCN(C)Cc1ccccc1. The summed E-state index contributed by atoms with van der Waals surface area (Å²) < 4.78 is 0. The van der Waals surface area contributed by atoms with E-state index in [1.165, 1.54) is 16.7 Å². The van der Waals surface area contributed by atoms with Gasteiger partial charge in [0.2, 0.25) is 0 Å². The van der Waals surface area contributed by atoms with E-state index in [-0.39, 0.29) is 0 Å². The molecule has 0 aliphatic carbocycles.